The molecule has 0 aromatic heterocycles. The highest BCUT2D eigenvalue weighted by Crippen LogP contribution is 2.25. The molecule has 0 atom stereocenters. The quantitative estimate of drug-likeness (QED) is 0.772. The molecule has 2 aromatic carbocycles. The maximum atomic E-state index is 12.6. The lowest BCUT2D eigenvalue weighted by atomic mass is 10.2. The zero-order valence-corrected chi connectivity index (χ0v) is 15.9. The summed E-state index contributed by atoms with van der Waals surface area (Å²) in [4.78, 5) is 11.9. The normalized spacial score (nSPS) is 11.1. The van der Waals surface area contributed by atoms with Crippen LogP contribution in [0.25, 0.3) is 0 Å². The van der Waals surface area contributed by atoms with Crippen LogP contribution < -0.4 is 19.5 Å². The molecule has 0 bridgehead atoms. The molecule has 140 valence electrons. The lowest BCUT2D eigenvalue weighted by Crippen LogP contribution is -2.20. The molecule has 0 aliphatic rings. The number of anilines is 1. The lowest BCUT2D eigenvalue weighted by molar-refractivity contribution is 0.0960. The Morgan fingerprint density at radius 2 is 1.73 bits per heavy atom. The molecule has 26 heavy (non-hydrogen) atoms. The van der Waals surface area contributed by atoms with Gasteiger partial charge in [-0.05, 0) is 56.3 Å². The van der Waals surface area contributed by atoms with E-state index in [1.54, 1.807) is 24.3 Å². The largest absolute Gasteiger partial charge is 0.496 e. The first-order valence-electron chi connectivity index (χ1n) is 7.96. The molecular weight excluding hydrogens is 356 g/mol. The number of benzene rings is 2. The van der Waals surface area contributed by atoms with Crippen LogP contribution >= 0.6 is 0 Å². The molecule has 2 aromatic rings. The summed E-state index contributed by atoms with van der Waals surface area (Å²) < 4.78 is 38.3. The van der Waals surface area contributed by atoms with Crippen LogP contribution in [0, 0.1) is 0 Å². The number of sulfonamides is 1. The summed E-state index contributed by atoms with van der Waals surface area (Å²) in [6.45, 7) is 3.81. The summed E-state index contributed by atoms with van der Waals surface area (Å²) in [6.07, 6.45) is 0.0278. The van der Waals surface area contributed by atoms with Crippen molar-refractivity contribution >= 4 is 21.6 Å². The molecule has 0 aliphatic carbocycles. The fourth-order valence-corrected chi connectivity index (χ4v) is 3.34. The Labute approximate surface area is 153 Å². The van der Waals surface area contributed by atoms with Gasteiger partial charge in [0.15, 0.2) is 0 Å². The third kappa shape index (κ3) is 4.66. The van der Waals surface area contributed by atoms with Crippen LogP contribution in [0.2, 0.25) is 0 Å². The second-order valence-electron chi connectivity index (χ2n) is 5.74. The van der Waals surface area contributed by atoms with Gasteiger partial charge in [-0.25, -0.2) is 8.42 Å². The molecule has 0 spiro atoms. The monoisotopic (exact) mass is 378 g/mol. The number of ether oxygens (including phenoxy) is 2. The molecular formula is C18H22N2O5S. The minimum Gasteiger partial charge on any atom is -0.496 e. The molecule has 2 rings (SSSR count). The number of carbonyl (C=O) groups is 1. The van der Waals surface area contributed by atoms with E-state index in [0.717, 1.165) is 0 Å². The Bertz CT molecular complexity index is 877. The Hall–Kier alpha value is -2.74. The van der Waals surface area contributed by atoms with Crippen LogP contribution in [-0.4, -0.2) is 34.6 Å². The number of hydrogen-bond acceptors (Lipinski definition) is 5. The fraction of sp³-hybridized carbons (Fsp3) is 0.278. The third-order valence-corrected chi connectivity index (χ3v) is 4.81. The maximum absolute atomic E-state index is 12.6. The molecule has 0 radical (unpaired) electrons. The van der Waals surface area contributed by atoms with E-state index in [2.05, 4.69) is 10.0 Å². The Kier molecular flexibility index (Phi) is 6.10. The van der Waals surface area contributed by atoms with E-state index in [9.17, 15) is 13.2 Å². The minimum absolute atomic E-state index is 0.0278. The van der Waals surface area contributed by atoms with E-state index in [-0.39, 0.29) is 16.6 Å². The average Bonchev–Trinajstić information content (AvgIpc) is 2.61. The van der Waals surface area contributed by atoms with Crippen molar-refractivity contribution in [3.8, 4) is 11.5 Å². The van der Waals surface area contributed by atoms with E-state index < -0.39 is 15.9 Å². The highest BCUT2D eigenvalue weighted by molar-refractivity contribution is 7.92. The predicted molar refractivity (Wildman–Crippen MR) is 99.4 cm³/mol. The van der Waals surface area contributed by atoms with Crippen molar-refractivity contribution in [2.75, 3.05) is 18.9 Å². The smallest absolute Gasteiger partial charge is 0.261 e. The van der Waals surface area contributed by atoms with Gasteiger partial charge < -0.3 is 14.8 Å². The summed E-state index contributed by atoms with van der Waals surface area (Å²) in [7, 11) is -0.993. The van der Waals surface area contributed by atoms with Crippen LogP contribution in [0.15, 0.2) is 47.4 Å². The summed E-state index contributed by atoms with van der Waals surface area (Å²) in [5.41, 5.74) is 0.525. The van der Waals surface area contributed by atoms with Crippen molar-refractivity contribution in [3.05, 3.63) is 48.0 Å². The standard InChI is InChI=1S/C18H22N2O5S/c1-12(2)25-14-7-5-13(6-8-14)20-26(22,23)15-9-10-17(24-4)16(11-15)18(21)19-3/h5-12,20H,1-4H3,(H,19,21). The molecule has 0 saturated carbocycles. The Morgan fingerprint density at radius 3 is 2.27 bits per heavy atom. The SMILES string of the molecule is CNC(=O)c1cc(S(=O)(=O)Nc2ccc(OC(C)C)cc2)ccc1OC. The van der Waals surface area contributed by atoms with E-state index in [1.807, 2.05) is 13.8 Å². The zero-order chi connectivity index (χ0) is 19.3. The van der Waals surface area contributed by atoms with Gasteiger partial charge in [-0.15, -0.1) is 0 Å². The van der Waals surface area contributed by atoms with Gasteiger partial charge in [0.2, 0.25) is 0 Å². The van der Waals surface area contributed by atoms with Crippen molar-refractivity contribution in [1.29, 1.82) is 0 Å². The summed E-state index contributed by atoms with van der Waals surface area (Å²) in [5.74, 6) is 0.502. The number of rotatable bonds is 7. The maximum Gasteiger partial charge on any atom is 0.261 e. The highest BCUT2D eigenvalue weighted by Gasteiger charge is 2.19. The third-order valence-electron chi connectivity index (χ3n) is 3.43. The molecule has 7 nitrogen and oxygen atoms in total. The fourth-order valence-electron chi connectivity index (χ4n) is 2.25. The first-order valence-corrected chi connectivity index (χ1v) is 9.45. The van der Waals surface area contributed by atoms with E-state index in [0.29, 0.717) is 17.2 Å². The summed E-state index contributed by atoms with van der Waals surface area (Å²) in [6, 6.07) is 10.7. The van der Waals surface area contributed by atoms with Crippen LogP contribution in [0.5, 0.6) is 11.5 Å². The molecule has 1 amide bonds. The molecule has 0 heterocycles. The summed E-state index contributed by atoms with van der Waals surface area (Å²) >= 11 is 0. The van der Waals surface area contributed by atoms with Gasteiger partial charge in [0.1, 0.15) is 11.5 Å². The van der Waals surface area contributed by atoms with Gasteiger partial charge in [0.05, 0.1) is 23.7 Å². The van der Waals surface area contributed by atoms with Gasteiger partial charge in [0.25, 0.3) is 15.9 Å². The molecule has 0 saturated heterocycles. The molecule has 0 aliphatic heterocycles. The Morgan fingerprint density at radius 1 is 1.08 bits per heavy atom. The average molecular weight is 378 g/mol. The van der Waals surface area contributed by atoms with Crippen LogP contribution in [-0.2, 0) is 10.0 Å². The zero-order valence-electron chi connectivity index (χ0n) is 15.1. The van der Waals surface area contributed by atoms with Gasteiger partial charge in [-0.3, -0.25) is 9.52 Å². The van der Waals surface area contributed by atoms with E-state index in [1.165, 1.54) is 32.4 Å². The second kappa shape index (κ2) is 8.09. The van der Waals surface area contributed by atoms with Crippen LogP contribution in [0.3, 0.4) is 0 Å². The van der Waals surface area contributed by atoms with Crippen molar-refractivity contribution in [1.82, 2.24) is 5.32 Å². The van der Waals surface area contributed by atoms with Crippen LogP contribution in [0.1, 0.15) is 24.2 Å². The minimum atomic E-state index is -3.86. The van der Waals surface area contributed by atoms with Gasteiger partial charge in [-0.1, -0.05) is 0 Å². The second-order valence-corrected chi connectivity index (χ2v) is 7.42. The number of hydrogen-bond donors (Lipinski definition) is 2. The molecule has 8 heteroatoms. The first kappa shape index (κ1) is 19.6. The molecule has 2 N–H and O–H groups in total. The summed E-state index contributed by atoms with van der Waals surface area (Å²) in [5, 5.41) is 2.46. The van der Waals surface area contributed by atoms with Crippen molar-refractivity contribution < 1.29 is 22.7 Å². The van der Waals surface area contributed by atoms with Gasteiger partial charge in [-0.2, -0.15) is 0 Å². The predicted octanol–water partition coefficient (Wildman–Crippen LogP) is 2.64. The molecule has 0 fully saturated rings. The number of nitrogens with one attached hydrogen (secondary N) is 2. The lowest BCUT2D eigenvalue weighted by Gasteiger charge is -2.13. The van der Waals surface area contributed by atoms with E-state index in [4.69, 9.17) is 9.47 Å². The topological polar surface area (TPSA) is 93.7 Å². The van der Waals surface area contributed by atoms with Crippen molar-refractivity contribution in [2.24, 2.45) is 0 Å². The Balaban J connectivity index is 2.28. The first-order chi connectivity index (χ1) is 12.3. The number of methoxy groups -OCH3 is 1. The van der Waals surface area contributed by atoms with Crippen LogP contribution in [0.4, 0.5) is 5.69 Å². The van der Waals surface area contributed by atoms with Crippen molar-refractivity contribution in [2.45, 2.75) is 24.8 Å². The highest BCUT2D eigenvalue weighted by atomic mass is 32.2. The van der Waals surface area contributed by atoms with Crippen molar-refractivity contribution in [3.63, 3.8) is 0 Å². The number of amides is 1. The molecule has 0 unspecified atom stereocenters. The van der Waals surface area contributed by atoms with Gasteiger partial charge in [0, 0.05) is 12.7 Å². The van der Waals surface area contributed by atoms with Gasteiger partial charge >= 0.3 is 0 Å². The van der Waals surface area contributed by atoms with E-state index >= 15 is 0 Å². The number of carbonyl (C=O) groups excluding carboxylic acids is 1.